The summed E-state index contributed by atoms with van der Waals surface area (Å²) in [7, 11) is 0. The average Bonchev–Trinajstić information content (AvgIpc) is 3.18. The SMILES string of the molecule is Clc1cccc2c1N=CC21COc2cc3c(cc21)CCO3. The van der Waals surface area contributed by atoms with Gasteiger partial charge in [0.2, 0.25) is 0 Å². The van der Waals surface area contributed by atoms with Crippen molar-refractivity contribution in [2.45, 2.75) is 11.8 Å². The van der Waals surface area contributed by atoms with Crippen molar-refractivity contribution in [1.82, 2.24) is 0 Å². The molecule has 5 rings (SSSR count). The predicted octanol–water partition coefficient (Wildman–Crippen LogP) is 3.67. The Balaban J connectivity index is 1.77. The molecule has 0 aliphatic carbocycles. The number of para-hydroxylation sites is 1. The van der Waals surface area contributed by atoms with Gasteiger partial charge in [0, 0.05) is 24.3 Å². The molecule has 0 aromatic heterocycles. The zero-order valence-electron chi connectivity index (χ0n) is 11.2. The number of aliphatic imine (C=N–C) groups is 1. The molecule has 0 fully saturated rings. The first-order valence-corrected chi connectivity index (χ1v) is 7.43. The van der Waals surface area contributed by atoms with Crippen molar-refractivity contribution in [3.63, 3.8) is 0 Å². The first-order valence-electron chi connectivity index (χ1n) is 7.05. The van der Waals surface area contributed by atoms with E-state index in [1.807, 2.05) is 24.4 Å². The van der Waals surface area contributed by atoms with Gasteiger partial charge in [-0.2, -0.15) is 0 Å². The van der Waals surface area contributed by atoms with Crippen LogP contribution in [0.4, 0.5) is 5.69 Å². The van der Waals surface area contributed by atoms with Gasteiger partial charge >= 0.3 is 0 Å². The van der Waals surface area contributed by atoms with E-state index in [-0.39, 0.29) is 5.41 Å². The van der Waals surface area contributed by atoms with Gasteiger partial charge < -0.3 is 9.47 Å². The zero-order chi connectivity index (χ0) is 14.0. The lowest BCUT2D eigenvalue weighted by Gasteiger charge is -2.21. The maximum atomic E-state index is 6.28. The lowest BCUT2D eigenvalue weighted by atomic mass is 9.77. The Morgan fingerprint density at radius 3 is 3.00 bits per heavy atom. The third kappa shape index (κ3) is 1.37. The van der Waals surface area contributed by atoms with Gasteiger partial charge in [-0.15, -0.1) is 0 Å². The van der Waals surface area contributed by atoms with Crippen molar-refractivity contribution in [3.8, 4) is 11.5 Å². The Bertz CT molecular complexity index is 815. The summed E-state index contributed by atoms with van der Waals surface area (Å²) in [5.74, 6) is 1.85. The van der Waals surface area contributed by atoms with Crippen molar-refractivity contribution >= 4 is 23.5 Å². The first-order chi connectivity index (χ1) is 10.3. The molecule has 1 atom stereocenters. The number of hydrogen-bond donors (Lipinski definition) is 0. The highest BCUT2D eigenvalue weighted by atomic mass is 35.5. The standard InChI is InChI=1S/C17H12ClNO2/c18-13-3-1-2-11-16(13)19-8-17(11)9-21-15-7-14-10(4-5-20-14)6-12(15)17/h1-3,6-8H,4-5,9H2. The highest BCUT2D eigenvalue weighted by molar-refractivity contribution is 6.33. The first kappa shape index (κ1) is 11.6. The van der Waals surface area contributed by atoms with Crippen molar-refractivity contribution in [3.05, 3.63) is 52.0 Å². The maximum absolute atomic E-state index is 6.28. The van der Waals surface area contributed by atoms with Gasteiger partial charge in [0.1, 0.15) is 18.1 Å². The molecule has 21 heavy (non-hydrogen) atoms. The van der Waals surface area contributed by atoms with Crippen LogP contribution in [0.2, 0.25) is 5.02 Å². The van der Waals surface area contributed by atoms with Crippen molar-refractivity contribution in [1.29, 1.82) is 0 Å². The van der Waals surface area contributed by atoms with Crippen LogP contribution in [0.15, 0.2) is 35.3 Å². The molecule has 0 radical (unpaired) electrons. The molecule has 1 unspecified atom stereocenters. The Kier molecular flexibility index (Phi) is 2.11. The largest absolute Gasteiger partial charge is 0.493 e. The molecule has 4 heteroatoms. The summed E-state index contributed by atoms with van der Waals surface area (Å²) >= 11 is 6.28. The van der Waals surface area contributed by atoms with E-state index in [0.717, 1.165) is 35.8 Å². The molecule has 0 bridgehead atoms. The number of hydrogen-bond acceptors (Lipinski definition) is 3. The molecule has 3 heterocycles. The van der Waals surface area contributed by atoms with Crippen molar-refractivity contribution < 1.29 is 9.47 Å². The fourth-order valence-corrected chi connectivity index (χ4v) is 3.75. The van der Waals surface area contributed by atoms with E-state index in [4.69, 9.17) is 21.1 Å². The van der Waals surface area contributed by atoms with Gasteiger partial charge in [-0.05, 0) is 23.3 Å². The van der Waals surface area contributed by atoms with E-state index < -0.39 is 0 Å². The van der Waals surface area contributed by atoms with Crippen LogP contribution in [-0.2, 0) is 11.8 Å². The van der Waals surface area contributed by atoms with E-state index in [1.54, 1.807) is 0 Å². The van der Waals surface area contributed by atoms with Crippen molar-refractivity contribution in [2.24, 2.45) is 4.99 Å². The zero-order valence-corrected chi connectivity index (χ0v) is 12.0. The summed E-state index contributed by atoms with van der Waals surface area (Å²) in [4.78, 5) is 4.56. The molecule has 2 aromatic carbocycles. The second-order valence-electron chi connectivity index (χ2n) is 5.71. The highest BCUT2D eigenvalue weighted by Gasteiger charge is 2.46. The monoisotopic (exact) mass is 297 g/mol. The van der Waals surface area contributed by atoms with Crippen LogP contribution < -0.4 is 9.47 Å². The molecule has 0 amide bonds. The van der Waals surface area contributed by atoms with Crippen LogP contribution in [0.5, 0.6) is 11.5 Å². The van der Waals surface area contributed by atoms with Gasteiger partial charge in [0.25, 0.3) is 0 Å². The minimum atomic E-state index is -0.298. The van der Waals surface area contributed by atoms with E-state index in [9.17, 15) is 0 Å². The summed E-state index contributed by atoms with van der Waals surface area (Å²) in [6.07, 6.45) is 2.94. The Labute approximate surface area is 127 Å². The second kappa shape index (κ2) is 3.80. The normalized spacial score (nSPS) is 23.7. The summed E-state index contributed by atoms with van der Waals surface area (Å²) in [5, 5.41) is 0.693. The molecule has 3 aliphatic heterocycles. The molecule has 0 saturated heterocycles. The lowest BCUT2D eigenvalue weighted by Crippen LogP contribution is -2.28. The Morgan fingerprint density at radius 2 is 2.05 bits per heavy atom. The van der Waals surface area contributed by atoms with E-state index in [0.29, 0.717) is 11.6 Å². The second-order valence-corrected chi connectivity index (χ2v) is 6.12. The summed E-state index contributed by atoms with van der Waals surface area (Å²) < 4.78 is 11.6. The van der Waals surface area contributed by atoms with E-state index in [2.05, 4.69) is 17.1 Å². The van der Waals surface area contributed by atoms with Crippen LogP contribution in [0.25, 0.3) is 0 Å². The molecule has 0 N–H and O–H groups in total. The van der Waals surface area contributed by atoms with Gasteiger partial charge in [0.15, 0.2) is 0 Å². The number of benzene rings is 2. The minimum Gasteiger partial charge on any atom is -0.493 e. The predicted molar refractivity (Wildman–Crippen MR) is 81.5 cm³/mol. The van der Waals surface area contributed by atoms with Crippen LogP contribution in [0.1, 0.15) is 16.7 Å². The van der Waals surface area contributed by atoms with Gasteiger partial charge in [-0.3, -0.25) is 4.99 Å². The molecule has 2 aromatic rings. The van der Waals surface area contributed by atoms with E-state index in [1.165, 1.54) is 11.1 Å². The molecule has 3 aliphatic rings. The highest BCUT2D eigenvalue weighted by Crippen LogP contribution is 2.52. The average molecular weight is 298 g/mol. The Hall–Kier alpha value is -2.00. The molecule has 1 spiro atoms. The molecular formula is C17H12ClNO2. The summed E-state index contributed by atoms with van der Waals surface area (Å²) in [5.41, 5.74) is 4.13. The molecule has 3 nitrogen and oxygen atoms in total. The maximum Gasteiger partial charge on any atom is 0.127 e. The number of halogens is 1. The lowest BCUT2D eigenvalue weighted by molar-refractivity contribution is 0.323. The summed E-state index contributed by atoms with van der Waals surface area (Å²) in [6.45, 7) is 1.32. The van der Waals surface area contributed by atoms with Crippen LogP contribution in [-0.4, -0.2) is 19.4 Å². The third-order valence-electron chi connectivity index (χ3n) is 4.61. The van der Waals surface area contributed by atoms with Gasteiger partial charge in [-0.1, -0.05) is 23.7 Å². The summed E-state index contributed by atoms with van der Waals surface area (Å²) in [6, 6.07) is 10.2. The smallest absolute Gasteiger partial charge is 0.127 e. The number of nitrogens with zero attached hydrogens (tertiary/aromatic N) is 1. The molecule has 0 saturated carbocycles. The number of rotatable bonds is 0. The van der Waals surface area contributed by atoms with Gasteiger partial charge in [-0.25, -0.2) is 0 Å². The molecule has 104 valence electrons. The van der Waals surface area contributed by atoms with Crippen LogP contribution >= 0.6 is 11.6 Å². The number of fused-ring (bicyclic) bond motifs is 5. The topological polar surface area (TPSA) is 30.8 Å². The third-order valence-corrected chi connectivity index (χ3v) is 4.91. The van der Waals surface area contributed by atoms with E-state index >= 15 is 0 Å². The van der Waals surface area contributed by atoms with Gasteiger partial charge in [0.05, 0.1) is 22.7 Å². The van der Waals surface area contributed by atoms with Crippen LogP contribution in [0.3, 0.4) is 0 Å². The molecular weight excluding hydrogens is 286 g/mol. The van der Waals surface area contributed by atoms with Crippen LogP contribution in [0, 0.1) is 0 Å². The fraction of sp³-hybridized carbons (Fsp3) is 0.235. The minimum absolute atomic E-state index is 0.298. The van der Waals surface area contributed by atoms with Crippen molar-refractivity contribution in [2.75, 3.05) is 13.2 Å². The fourth-order valence-electron chi connectivity index (χ4n) is 3.52. The Morgan fingerprint density at radius 1 is 1.10 bits per heavy atom. The quantitative estimate of drug-likeness (QED) is 0.743. The number of ether oxygens (including phenoxy) is 2.